The van der Waals surface area contributed by atoms with E-state index in [0.717, 1.165) is 45.7 Å². The molecule has 2 saturated heterocycles. The predicted molar refractivity (Wildman–Crippen MR) is 175 cm³/mol. The minimum Gasteiger partial charge on any atom is -0.497 e. The molecule has 7 nitrogen and oxygen atoms in total. The highest BCUT2D eigenvalue weighted by atomic mass is 79.9. The summed E-state index contributed by atoms with van der Waals surface area (Å²) in [6, 6.07) is 22.3. The number of carbonyl (C=O) groups excluding carboxylic acids is 2. The zero-order valence-electron chi connectivity index (χ0n) is 25.2. The van der Waals surface area contributed by atoms with Crippen molar-refractivity contribution in [1.82, 2.24) is 0 Å². The Bertz CT molecular complexity index is 1530. The molecule has 1 spiro atoms. The van der Waals surface area contributed by atoms with Crippen LogP contribution >= 0.6 is 15.9 Å². The van der Waals surface area contributed by atoms with Crippen LogP contribution in [0.5, 0.6) is 5.75 Å². The van der Waals surface area contributed by atoms with Crippen LogP contribution in [-0.2, 0) is 26.5 Å². The van der Waals surface area contributed by atoms with E-state index in [1.165, 1.54) is 5.19 Å². The van der Waals surface area contributed by atoms with Crippen LogP contribution < -0.4 is 19.7 Å². The quantitative estimate of drug-likeness (QED) is 0.312. The van der Waals surface area contributed by atoms with Gasteiger partial charge in [0.25, 0.3) is 5.91 Å². The number of hydrogen-bond acceptors (Lipinski definition) is 5. The van der Waals surface area contributed by atoms with E-state index in [1.54, 1.807) is 7.11 Å². The van der Waals surface area contributed by atoms with E-state index in [4.69, 9.17) is 9.47 Å². The normalized spacial score (nSPS) is 25.2. The molecule has 0 unspecified atom stereocenters. The number of aliphatic hydroxyl groups excluding tert-OH is 1. The van der Waals surface area contributed by atoms with Crippen molar-refractivity contribution < 1.29 is 24.2 Å². The summed E-state index contributed by atoms with van der Waals surface area (Å²) < 4.78 is 13.3. The highest BCUT2D eigenvalue weighted by molar-refractivity contribution is 9.10. The summed E-state index contributed by atoms with van der Waals surface area (Å²) in [5.41, 5.74) is 2.54. The van der Waals surface area contributed by atoms with Crippen LogP contribution in [0.25, 0.3) is 0 Å². The summed E-state index contributed by atoms with van der Waals surface area (Å²) in [5.74, 6) is 0.788. The Hall–Kier alpha value is -2.98. The molecule has 3 aromatic carbocycles. The van der Waals surface area contributed by atoms with Crippen molar-refractivity contribution in [3.63, 3.8) is 0 Å². The second-order valence-corrected chi connectivity index (χ2v) is 18.1. The van der Waals surface area contributed by atoms with E-state index in [0.29, 0.717) is 19.4 Å². The van der Waals surface area contributed by atoms with Crippen LogP contribution in [0, 0.1) is 5.92 Å². The number of anilines is 2. The molecule has 3 aromatic rings. The molecule has 9 heteroatoms. The average molecular weight is 664 g/mol. The van der Waals surface area contributed by atoms with Crippen molar-refractivity contribution in [2.75, 3.05) is 30.1 Å². The van der Waals surface area contributed by atoms with Crippen LogP contribution in [0.15, 0.2) is 71.2 Å². The molecule has 4 atom stereocenters. The first-order chi connectivity index (χ1) is 20.6. The molecule has 2 fully saturated rings. The van der Waals surface area contributed by atoms with Crippen LogP contribution in [0.3, 0.4) is 0 Å². The van der Waals surface area contributed by atoms with Gasteiger partial charge in [0.2, 0.25) is 5.91 Å². The largest absolute Gasteiger partial charge is 0.497 e. The van der Waals surface area contributed by atoms with Gasteiger partial charge in [-0.1, -0.05) is 65.4 Å². The van der Waals surface area contributed by atoms with Crippen LogP contribution in [-0.4, -0.2) is 51.4 Å². The van der Waals surface area contributed by atoms with E-state index in [-0.39, 0.29) is 36.0 Å². The predicted octanol–water partition coefficient (Wildman–Crippen LogP) is 5.73. The van der Waals surface area contributed by atoms with Gasteiger partial charge in [0.15, 0.2) is 5.60 Å². The number of methoxy groups -OCH3 is 1. The van der Waals surface area contributed by atoms with Crippen molar-refractivity contribution in [3.05, 3.63) is 82.3 Å². The standard InChI is InChI=1S/C34H39BrN2O5Si/c1-22-32(43(3,4)27-14-12-26(41-2)13-15-27)30(17-19-38)42-34(22)28-20-24(35)9-16-29(28)37(33(34)40)21-23-7-10-25(11-8-23)36-18-5-6-31(36)39/h7-16,20,22,30,32,38H,5-6,17-19,21H2,1-4H3/t22-,30+,32-,34+/m0/s1. The number of amides is 2. The molecule has 0 saturated carbocycles. The molecule has 3 heterocycles. The summed E-state index contributed by atoms with van der Waals surface area (Å²) >= 11 is 3.66. The molecule has 0 bridgehead atoms. The van der Waals surface area contributed by atoms with Gasteiger partial charge >= 0.3 is 0 Å². The fraction of sp³-hybridized carbons (Fsp3) is 0.412. The second kappa shape index (κ2) is 11.5. The summed E-state index contributed by atoms with van der Waals surface area (Å²) in [7, 11) is -0.563. The summed E-state index contributed by atoms with van der Waals surface area (Å²) in [6.45, 7) is 7.98. The van der Waals surface area contributed by atoms with E-state index in [2.05, 4.69) is 48.1 Å². The topological polar surface area (TPSA) is 79.3 Å². The van der Waals surface area contributed by atoms with Gasteiger partial charge in [0.1, 0.15) is 5.75 Å². The van der Waals surface area contributed by atoms with Crippen molar-refractivity contribution in [2.45, 2.75) is 63.1 Å². The maximum Gasteiger partial charge on any atom is 0.264 e. The summed E-state index contributed by atoms with van der Waals surface area (Å²) in [5, 5.41) is 11.4. The highest BCUT2D eigenvalue weighted by Crippen LogP contribution is 2.60. The van der Waals surface area contributed by atoms with E-state index < -0.39 is 13.7 Å². The molecule has 0 radical (unpaired) electrons. The number of benzene rings is 3. The molecule has 226 valence electrons. The number of carbonyl (C=O) groups is 2. The number of aliphatic hydroxyl groups is 1. The minimum atomic E-state index is -2.23. The average Bonchev–Trinajstić information content (AvgIpc) is 3.63. The van der Waals surface area contributed by atoms with Crippen molar-refractivity contribution in [1.29, 1.82) is 0 Å². The third-order valence-electron chi connectivity index (χ3n) is 9.87. The van der Waals surface area contributed by atoms with Crippen LogP contribution in [0.2, 0.25) is 18.6 Å². The molecular weight excluding hydrogens is 624 g/mol. The van der Waals surface area contributed by atoms with Gasteiger partial charge in [-0.15, -0.1) is 0 Å². The van der Waals surface area contributed by atoms with E-state index in [9.17, 15) is 14.7 Å². The van der Waals surface area contributed by atoms with Gasteiger partial charge in [-0.3, -0.25) is 9.59 Å². The molecule has 0 aromatic heterocycles. The van der Waals surface area contributed by atoms with Gasteiger partial charge in [-0.05, 0) is 66.4 Å². The van der Waals surface area contributed by atoms with Crippen molar-refractivity contribution in [3.8, 4) is 5.75 Å². The fourth-order valence-electron chi connectivity index (χ4n) is 7.72. The molecule has 0 aliphatic carbocycles. The van der Waals surface area contributed by atoms with Gasteiger partial charge < -0.3 is 24.4 Å². The molecule has 1 N–H and O–H groups in total. The smallest absolute Gasteiger partial charge is 0.264 e. The first kappa shape index (κ1) is 30.1. The zero-order chi connectivity index (χ0) is 30.5. The minimum absolute atomic E-state index is 0.00776. The monoisotopic (exact) mass is 662 g/mol. The van der Waals surface area contributed by atoms with Gasteiger partial charge in [-0.2, -0.15) is 0 Å². The Morgan fingerprint density at radius 1 is 1.07 bits per heavy atom. The third kappa shape index (κ3) is 4.94. The molecule has 3 aliphatic rings. The molecular formula is C34H39BrN2O5Si. The lowest BCUT2D eigenvalue weighted by atomic mass is 9.82. The summed E-state index contributed by atoms with van der Waals surface area (Å²) in [6.07, 6.45) is 1.67. The lowest BCUT2D eigenvalue weighted by Gasteiger charge is -2.37. The Kier molecular flexibility index (Phi) is 8.04. The molecule has 2 amide bonds. The summed E-state index contributed by atoms with van der Waals surface area (Å²) in [4.78, 5) is 30.7. The highest BCUT2D eigenvalue weighted by Gasteiger charge is 2.66. The number of fused-ring (bicyclic) bond motifs is 2. The fourth-order valence-corrected chi connectivity index (χ4v) is 12.1. The van der Waals surface area contributed by atoms with E-state index in [1.807, 2.05) is 64.4 Å². The molecule has 43 heavy (non-hydrogen) atoms. The Morgan fingerprint density at radius 3 is 2.42 bits per heavy atom. The van der Waals surface area contributed by atoms with E-state index >= 15 is 0 Å². The van der Waals surface area contributed by atoms with Crippen molar-refractivity contribution >= 4 is 52.4 Å². The second-order valence-electron chi connectivity index (χ2n) is 12.5. The first-order valence-electron chi connectivity index (χ1n) is 15.1. The molecule has 3 aliphatic heterocycles. The van der Waals surface area contributed by atoms with Crippen molar-refractivity contribution in [2.24, 2.45) is 5.92 Å². The number of rotatable bonds is 8. The molecule has 6 rings (SSSR count). The maximum absolute atomic E-state index is 14.7. The number of hydrogen-bond donors (Lipinski definition) is 1. The van der Waals surface area contributed by atoms with Gasteiger partial charge in [0.05, 0.1) is 33.5 Å². The first-order valence-corrected chi connectivity index (χ1v) is 18.9. The Morgan fingerprint density at radius 2 is 1.79 bits per heavy atom. The van der Waals surface area contributed by atoms with Gasteiger partial charge in [0, 0.05) is 41.2 Å². The lowest BCUT2D eigenvalue weighted by Crippen LogP contribution is -2.51. The lowest BCUT2D eigenvalue weighted by molar-refractivity contribution is -0.146. The Labute approximate surface area is 262 Å². The Balaban J connectivity index is 1.37. The SMILES string of the molecule is COc1ccc([Si](C)(C)[C@@H]2[C@@H](CCO)O[C@]3(C(=O)N(Cc4ccc(N5CCCC5=O)cc4)c4ccc(Br)cc43)[C@H]2C)cc1. The number of nitrogens with zero attached hydrogens (tertiary/aromatic N) is 2. The number of ether oxygens (including phenoxy) is 2. The van der Waals surface area contributed by atoms with Crippen LogP contribution in [0.1, 0.15) is 37.3 Å². The maximum atomic E-state index is 14.7. The zero-order valence-corrected chi connectivity index (χ0v) is 27.8. The third-order valence-corrected chi connectivity index (χ3v) is 14.7. The van der Waals surface area contributed by atoms with Gasteiger partial charge in [-0.25, -0.2) is 0 Å². The van der Waals surface area contributed by atoms with Crippen LogP contribution in [0.4, 0.5) is 11.4 Å². The number of halogens is 1.